The van der Waals surface area contributed by atoms with Crippen molar-refractivity contribution in [3.8, 4) is 17.1 Å². The number of nitrogens with zero attached hydrogens (tertiary/aromatic N) is 7. The van der Waals surface area contributed by atoms with Gasteiger partial charge >= 0.3 is 6.18 Å². The first-order valence-electron chi connectivity index (χ1n) is 9.24. The largest absolute Gasteiger partial charge is 0.416 e. The summed E-state index contributed by atoms with van der Waals surface area (Å²) in [5.74, 6) is -0.00374. The SMILES string of the molecule is Cn1nnnc1-c1cccc(NCC(=O)Nc2cc(C(F)(F)F)ccc2-n2cncn2)c1. The quantitative estimate of drug-likeness (QED) is 0.471. The minimum atomic E-state index is -4.56. The molecule has 0 unspecified atom stereocenters. The highest BCUT2D eigenvalue weighted by molar-refractivity contribution is 5.95. The summed E-state index contributed by atoms with van der Waals surface area (Å²) in [4.78, 5) is 16.3. The number of halogens is 3. The molecule has 2 aromatic carbocycles. The summed E-state index contributed by atoms with van der Waals surface area (Å²) in [6.07, 6.45) is -2.00. The number of hydrogen-bond donors (Lipinski definition) is 2. The molecular weight excluding hydrogens is 427 g/mol. The highest BCUT2D eigenvalue weighted by Crippen LogP contribution is 2.33. The van der Waals surface area contributed by atoms with E-state index in [0.717, 1.165) is 17.7 Å². The van der Waals surface area contributed by atoms with Gasteiger partial charge in [0.25, 0.3) is 0 Å². The fourth-order valence-electron chi connectivity index (χ4n) is 2.96. The summed E-state index contributed by atoms with van der Waals surface area (Å²) in [5, 5.41) is 20.7. The van der Waals surface area contributed by atoms with Crippen LogP contribution in [0.2, 0.25) is 0 Å². The van der Waals surface area contributed by atoms with E-state index < -0.39 is 17.6 Å². The number of hydrogen-bond acceptors (Lipinski definition) is 7. The van der Waals surface area contributed by atoms with Gasteiger partial charge in [0.1, 0.15) is 12.7 Å². The van der Waals surface area contributed by atoms with Crippen LogP contribution >= 0.6 is 0 Å². The molecule has 13 heteroatoms. The van der Waals surface area contributed by atoms with E-state index in [0.29, 0.717) is 11.5 Å². The van der Waals surface area contributed by atoms with Gasteiger partial charge in [0.15, 0.2) is 5.82 Å². The van der Waals surface area contributed by atoms with Crippen molar-refractivity contribution >= 4 is 17.3 Å². The smallest absolute Gasteiger partial charge is 0.376 e. The van der Waals surface area contributed by atoms with Crippen molar-refractivity contribution in [3.05, 3.63) is 60.7 Å². The number of carbonyl (C=O) groups excluding carboxylic acids is 1. The van der Waals surface area contributed by atoms with Crippen LogP contribution in [0.4, 0.5) is 24.5 Å². The van der Waals surface area contributed by atoms with Crippen LogP contribution < -0.4 is 10.6 Å². The third-order valence-electron chi connectivity index (χ3n) is 4.46. The number of benzene rings is 2. The molecule has 1 amide bonds. The van der Waals surface area contributed by atoms with Gasteiger partial charge in [-0.05, 0) is 40.8 Å². The fraction of sp³-hybridized carbons (Fsp3) is 0.158. The van der Waals surface area contributed by atoms with Gasteiger partial charge in [0.05, 0.1) is 23.5 Å². The Kier molecular flexibility index (Phi) is 5.54. The van der Waals surface area contributed by atoms with E-state index >= 15 is 0 Å². The van der Waals surface area contributed by atoms with Crippen molar-refractivity contribution < 1.29 is 18.0 Å². The summed E-state index contributed by atoms with van der Waals surface area (Å²) >= 11 is 0. The topological polar surface area (TPSA) is 115 Å². The molecule has 0 aliphatic rings. The molecule has 0 bridgehead atoms. The number of alkyl halides is 3. The molecule has 0 atom stereocenters. The van der Waals surface area contributed by atoms with E-state index in [-0.39, 0.29) is 17.9 Å². The van der Waals surface area contributed by atoms with Gasteiger partial charge in [-0.15, -0.1) is 5.10 Å². The maximum Gasteiger partial charge on any atom is 0.416 e. The Morgan fingerprint density at radius 3 is 2.69 bits per heavy atom. The number of rotatable bonds is 6. The van der Waals surface area contributed by atoms with Crippen molar-refractivity contribution in [2.24, 2.45) is 7.05 Å². The maximum atomic E-state index is 13.2. The number of aromatic nitrogens is 7. The number of carbonyl (C=O) groups is 1. The van der Waals surface area contributed by atoms with Crippen molar-refractivity contribution in [2.75, 3.05) is 17.2 Å². The van der Waals surface area contributed by atoms with Gasteiger partial charge in [-0.1, -0.05) is 12.1 Å². The number of aryl methyl sites for hydroxylation is 1. The van der Waals surface area contributed by atoms with Crippen LogP contribution in [0.5, 0.6) is 0 Å². The van der Waals surface area contributed by atoms with Crippen LogP contribution in [0.3, 0.4) is 0 Å². The summed E-state index contributed by atoms with van der Waals surface area (Å²) in [6, 6.07) is 10.1. The second-order valence-electron chi connectivity index (χ2n) is 6.68. The molecule has 2 heterocycles. The number of nitrogens with one attached hydrogen (secondary N) is 2. The lowest BCUT2D eigenvalue weighted by Crippen LogP contribution is -2.23. The Morgan fingerprint density at radius 2 is 2.00 bits per heavy atom. The van der Waals surface area contributed by atoms with Crippen LogP contribution in [-0.4, -0.2) is 47.4 Å². The fourth-order valence-corrected chi connectivity index (χ4v) is 2.96. The highest BCUT2D eigenvalue weighted by Gasteiger charge is 2.31. The molecular formula is C19H16F3N9O. The number of tetrazole rings is 1. The first kappa shape index (κ1) is 21.0. The first-order valence-corrected chi connectivity index (χ1v) is 9.24. The lowest BCUT2D eigenvalue weighted by Gasteiger charge is -2.15. The van der Waals surface area contributed by atoms with Crippen molar-refractivity contribution in [1.29, 1.82) is 0 Å². The molecule has 0 aliphatic carbocycles. The molecule has 4 rings (SSSR count). The number of amides is 1. The van der Waals surface area contributed by atoms with Crippen LogP contribution in [0, 0.1) is 0 Å². The molecule has 0 saturated heterocycles. The second-order valence-corrected chi connectivity index (χ2v) is 6.68. The summed E-state index contributed by atoms with van der Waals surface area (Å²) in [7, 11) is 1.70. The highest BCUT2D eigenvalue weighted by atomic mass is 19.4. The second kappa shape index (κ2) is 8.45. The summed E-state index contributed by atoms with van der Waals surface area (Å²) < 4.78 is 42.2. The molecule has 2 aromatic heterocycles. The van der Waals surface area contributed by atoms with E-state index in [9.17, 15) is 18.0 Å². The summed E-state index contributed by atoms with van der Waals surface area (Å²) in [5.41, 5.74) is 0.654. The van der Waals surface area contributed by atoms with E-state index in [2.05, 4.69) is 36.2 Å². The lowest BCUT2D eigenvalue weighted by atomic mass is 10.1. The average molecular weight is 443 g/mol. The Morgan fingerprint density at radius 1 is 1.16 bits per heavy atom. The Balaban J connectivity index is 1.50. The molecule has 164 valence electrons. The maximum absolute atomic E-state index is 13.2. The minimum Gasteiger partial charge on any atom is -0.376 e. The van der Waals surface area contributed by atoms with E-state index in [1.165, 1.54) is 28.1 Å². The zero-order valence-corrected chi connectivity index (χ0v) is 16.6. The van der Waals surface area contributed by atoms with Gasteiger partial charge < -0.3 is 10.6 Å². The molecule has 0 aliphatic heterocycles. The minimum absolute atomic E-state index is 0.0453. The lowest BCUT2D eigenvalue weighted by molar-refractivity contribution is -0.137. The Labute approximate surface area is 179 Å². The molecule has 32 heavy (non-hydrogen) atoms. The first-order chi connectivity index (χ1) is 15.3. The molecule has 0 saturated carbocycles. The molecule has 0 spiro atoms. The molecule has 0 fully saturated rings. The predicted molar refractivity (Wildman–Crippen MR) is 108 cm³/mol. The predicted octanol–water partition coefficient (Wildman–Crippen LogP) is 2.53. The van der Waals surface area contributed by atoms with E-state index in [1.54, 1.807) is 25.2 Å². The zero-order chi connectivity index (χ0) is 22.7. The van der Waals surface area contributed by atoms with Crippen LogP contribution in [-0.2, 0) is 18.0 Å². The van der Waals surface area contributed by atoms with Crippen LogP contribution in [0.1, 0.15) is 5.56 Å². The zero-order valence-electron chi connectivity index (χ0n) is 16.6. The molecule has 4 aromatic rings. The van der Waals surface area contributed by atoms with Gasteiger partial charge in [-0.3, -0.25) is 4.79 Å². The van der Waals surface area contributed by atoms with Crippen molar-refractivity contribution in [1.82, 2.24) is 35.0 Å². The van der Waals surface area contributed by atoms with Crippen LogP contribution in [0.25, 0.3) is 17.1 Å². The third kappa shape index (κ3) is 4.55. The van der Waals surface area contributed by atoms with Gasteiger partial charge in [0, 0.05) is 18.3 Å². The Bertz CT molecular complexity index is 1240. The van der Waals surface area contributed by atoms with Crippen molar-refractivity contribution in [2.45, 2.75) is 6.18 Å². The summed E-state index contributed by atoms with van der Waals surface area (Å²) in [6.45, 7) is -0.187. The standard InChI is InChI=1S/C19H16F3N9O/c1-30-18(27-28-29-30)12-3-2-4-14(7-12)24-9-17(32)26-15-8-13(19(20,21)22)5-6-16(15)31-11-23-10-25-31/h2-8,10-11,24H,9H2,1H3,(H,26,32). The van der Waals surface area contributed by atoms with Gasteiger partial charge in [0.2, 0.25) is 5.91 Å². The monoisotopic (exact) mass is 443 g/mol. The van der Waals surface area contributed by atoms with Crippen molar-refractivity contribution in [3.63, 3.8) is 0 Å². The third-order valence-corrected chi connectivity index (χ3v) is 4.46. The molecule has 0 radical (unpaired) electrons. The van der Waals surface area contributed by atoms with Gasteiger partial charge in [-0.2, -0.15) is 18.3 Å². The Hall–Kier alpha value is -4.29. The van der Waals surface area contributed by atoms with Gasteiger partial charge in [-0.25, -0.2) is 14.3 Å². The van der Waals surface area contributed by atoms with E-state index in [4.69, 9.17) is 0 Å². The van der Waals surface area contributed by atoms with Crippen LogP contribution in [0.15, 0.2) is 55.1 Å². The normalized spacial score (nSPS) is 11.4. The van der Waals surface area contributed by atoms with E-state index in [1.807, 2.05) is 6.07 Å². The molecule has 10 nitrogen and oxygen atoms in total. The average Bonchev–Trinajstić information content (AvgIpc) is 3.44. The molecule has 2 N–H and O–H groups in total. The number of anilines is 2.